The average Bonchev–Trinajstić information content (AvgIpc) is 2.53. The van der Waals surface area contributed by atoms with Crippen LogP contribution in [0, 0.1) is 5.92 Å². The molecule has 0 saturated heterocycles. The van der Waals surface area contributed by atoms with Gasteiger partial charge in [0.2, 0.25) is 0 Å². The number of nitrogens with one attached hydrogen (secondary N) is 1. The van der Waals surface area contributed by atoms with Crippen molar-refractivity contribution in [2.45, 2.75) is 64.2 Å². The minimum atomic E-state index is -0.913. The largest absolute Gasteiger partial charge is 0.598 e. The van der Waals surface area contributed by atoms with E-state index < -0.39 is 11.4 Å². The van der Waals surface area contributed by atoms with E-state index >= 15 is 0 Å². The summed E-state index contributed by atoms with van der Waals surface area (Å²) in [6.45, 7) is 8.20. The van der Waals surface area contributed by atoms with Gasteiger partial charge in [-0.05, 0) is 46.5 Å². The van der Waals surface area contributed by atoms with Crippen LogP contribution < -0.4 is 4.72 Å². The fourth-order valence-corrected chi connectivity index (χ4v) is 2.78. The topological polar surface area (TPSA) is 35.1 Å². The molecule has 1 N–H and O–H groups in total. The Kier molecular flexibility index (Phi) is 4.29. The number of rotatable bonds is 3. The van der Waals surface area contributed by atoms with Gasteiger partial charge in [0.05, 0.1) is 6.04 Å². The summed E-state index contributed by atoms with van der Waals surface area (Å²) in [5, 5.41) is 0. The van der Waals surface area contributed by atoms with Gasteiger partial charge in [0.15, 0.2) is 0 Å². The third kappa shape index (κ3) is 3.44. The first-order valence-electron chi connectivity index (χ1n) is 5.59. The van der Waals surface area contributed by atoms with Crippen molar-refractivity contribution in [1.29, 1.82) is 0 Å². The van der Waals surface area contributed by atoms with E-state index in [1.807, 2.05) is 20.8 Å². The molecule has 14 heavy (non-hydrogen) atoms. The minimum absolute atomic E-state index is 0.146. The number of hydrogen-bond donors (Lipinski definition) is 1. The van der Waals surface area contributed by atoms with Crippen LogP contribution in [0.25, 0.3) is 0 Å². The normalized spacial score (nSPS) is 23.8. The summed E-state index contributed by atoms with van der Waals surface area (Å²) < 4.78 is 14.9. The minimum Gasteiger partial charge on any atom is -0.598 e. The molecule has 84 valence electrons. The number of hydrogen-bond acceptors (Lipinski definition) is 2. The van der Waals surface area contributed by atoms with E-state index in [4.69, 9.17) is 0 Å². The zero-order valence-electron chi connectivity index (χ0n) is 9.80. The van der Waals surface area contributed by atoms with Gasteiger partial charge in [-0.15, -0.1) is 4.72 Å². The van der Waals surface area contributed by atoms with E-state index in [1.165, 1.54) is 25.7 Å². The maximum absolute atomic E-state index is 11.8. The summed E-state index contributed by atoms with van der Waals surface area (Å²) in [5.74, 6) is 0.737. The molecule has 1 unspecified atom stereocenters. The van der Waals surface area contributed by atoms with E-state index in [0.29, 0.717) is 6.04 Å². The van der Waals surface area contributed by atoms with E-state index in [-0.39, 0.29) is 4.75 Å². The van der Waals surface area contributed by atoms with Crippen LogP contribution in [0.2, 0.25) is 0 Å². The van der Waals surface area contributed by atoms with Gasteiger partial charge in [-0.25, -0.2) is 0 Å². The predicted molar refractivity (Wildman–Crippen MR) is 62.5 cm³/mol. The zero-order valence-corrected chi connectivity index (χ0v) is 10.6. The van der Waals surface area contributed by atoms with Gasteiger partial charge in [-0.2, -0.15) is 0 Å². The fraction of sp³-hybridized carbons (Fsp3) is 1.00. The second kappa shape index (κ2) is 4.86. The SMILES string of the molecule is C[C@H](N[S+]([O-])C(C)(C)C)C1CCCC1. The molecular formula is C11H23NOS. The summed E-state index contributed by atoms with van der Waals surface area (Å²) in [4.78, 5) is 0. The maximum Gasteiger partial charge on any atom is 0.136 e. The van der Waals surface area contributed by atoms with E-state index in [1.54, 1.807) is 0 Å². The third-order valence-corrected chi connectivity index (χ3v) is 4.65. The molecular weight excluding hydrogens is 194 g/mol. The molecule has 0 aromatic carbocycles. The van der Waals surface area contributed by atoms with E-state index in [0.717, 1.165) is 5.92 Å². The summed E-state index contributed by atoms with van der Waals surface area (Å²) in [6.07, 6.45) is 5.29. The Morgan fingerprint density at radius 1 is 1.29 bits per heavy atom. The molecule has 2 nitrogen and oxygen atoms in total. The fourth-order valence-electron chi connectivity index (χ4n) is 1.90. The Morgan fingerprint density at radius 3 is 2.21 bits per heavy atom. The highest BCUT2D eigenvalue weighted by Crippen LogP contribution is 2.28. The molecule has 0 aromatic rings. The Balaban J connectivity index is 2.35. The molecule has 1 aliphatic carbocycles. The Morgan fingerprint density at radius 2 is 1.79 bits per heavy atom. The highest BCUT2D eigenvalue weighted by molar-refractivity contribution is 7.90. The van der Waals surface area contributed by atoms with Crippen molar-refractivity contribution in [1.82, 2.24) is 4.72 Å². The molecule has 0 amide bonds. The van der Waals surface area contributed by atoms with Crippen molar-refractivity contribution in [3.05, 3.63) is 0 Å². The smallest absolute Gasteiger partial charge is 0.136 e. The monoisotopic (exact) mass is 217 g/mol. The van der Waals surface area contributed by atoms with E-state index in [9.17, 15) is 4.55 Å². The van der Waals surface area contributed by atoms with Crippen molar-refractivity contribution in [3.8, 4) is 0 Å². The van der Waals surface area contributed by atoms with Crippen molar-refractivity contribution in [2.24, 2.45) is 5.92 Å². The molecule has 0 heterocycles. The molecule has 0 bridgehead atoms. The molecule has 2 atom stereocenters. The predicted octanol–water partition coefficient (Wildman–Crippen LogP) is 2.62. The van der Waals surface area contributed by atoms with Crippen LogP contribution in [0.3, 0.4) is 0 Å². The van der Waals surface area contributed by atoms with Gasteiger partial charge in [0.1, 0.15) is 4.75 Å². The van der Waals surface area contributed by atoms with Gasteiger partial charge in [-0.1, -0.05) is 12.8 Å². The lowest BCUT2D eigenvalue weighted by Crippen LogP contribution is -2.45. The lowest BCUT2D eigenvalue weighted by Gasteiger charge is -2.28. The van der Waals surface area contributed by atoms with Crippen molar-refractivity contribution < 1.29 is 4.55 Å². The van der Waals surface area contributed by atoms with Gasteiger partial charge >= 0.3 is 0 Å². The zero-order chi connectivity index (χ0) is 10.8. The van der Waals surface area contributed by atoms with Gasteiger partial charge in [0.25, 0.3) is 0 Å². The third-order valence-electron chi connectivity index (χ3n) is 2.96. The molecule has 0 aliphatic heterocycles. The second-order valence-corrected chi connectivity index (χ2v) is 7.33. The summed E-state index contributed by atoms with van der Waals surface area (Å²) >= 11 is -0.913. The lowest BCUT2D eigenvalue weighted by atomic mass is 10.0. The summed E-state index contributed by atoms with van der Waals surface area (Å²) in [5.41, 5.74) is 0. The molecule has 0 radical (unpaired) electrons. The Labute approximate surface area is 91.2 Å². The van der Waals surface area contributed by atoms with Crippen molar-refractivity contribution in [2.75, 3.05) is 0 Å². The van der Waals surface area contributed by atoms with Gasteiger partial charge < -0.3 is 4.55 Å². The van der Waals surface area contributed by atoms with Crippen LogP contribution in [0.5, 0.6) is 0 Å². The molecule has 3 heteroatoms. The summed E-state index contributed by atoms with van der Waals surface area (Å²) in [7, 11) is 0. The van der Waals surface area contributed by atoms with Gasteiger partial charge in [-0.3, -0.25) is 0 Å². The first-order chi connectivity index (χ1) is 6.41. The molecule has 0 spiro atoms. The molecule has 0 aromatic heterocycles. The highest BCUT2D eigenvalue weighted by Gasteiger charge is 2.31. The first kappa shape index (κ1) is 12.3. The van der Waals surface area contributed by atoms with E-state index in [2.05, 4.69) is 11.6 Å². The van der Waals surface area contributed by atoms with Crippen molar-refractivity contribution in [3.63, 3.8) is 0 Å². The quantitative estimate of drug-likeness (QED) is 0.738. The van der Waals surface area contributed by atoms with Crippen LogP contribution in [0.1, 0.15) is 53.4 Å². The second-order valence-electron chi connectivity index (χ2n) is 5.33. The summed E-state index contributed by atoms with van der Waals surface area (Å²) in [6, 6.07) is 0.401. The average molecular weight is 217 g/mol. The van der Waals surface area contributed by atoms with Crippen LogP contribution in [-0.4, -0.2) is 15.3 Å². The first-order valence-corrected chi connectivity index (χ1v) is 6.74. The van der Waals surface area contributed by atoms with Crippen LogP contribution >= 0.6 is 0 Å². The lowest BCUT2D eigenvalue weighted by molar-refractivity contribution is 0.418. The Bertz CT molecular complexity index is 173. The van der Waals surface area contributed by atoms with Gasteiger partial charge in [0, 0.05) is 11.4 Å². The maximum atomic E-state index is 11.8. The molecule has 1 saturated carbocycles. The molecule has 1 aliphatic rings. The van der Waals surface area contributed by atoms with Crippen molar-refractivity contribution >= 4 is 11.4 Å². The standard InChI is InChI=1S/C11H23NOS/c1-9(10-7-5-6-8-10)12-14(13)11(2,3)4/h9-10,12H,5-8H2,1-4H3/t9-,14?/m0/s1. The Hall–Kier alpha value is 0.270. The molecule has 1 rings (SSSR count). The van der Waals surface area contributed by atoms with Crippen LogP contribution in [-0.2, 0) is 11.4 Å². The van der Waals surface area contributed by atoms with Crippen LogP contribution in [0.4, 0.5) is 0 Å². The molecule has 1 fully saturated rings. The van der Waals surface area contributed by atoms with Crippen LogP contribution in [0.15, 0.2) is 0 Å². The highest BCUT2D eigenvalue weighted by atomic mass is 32.2.